The Morgan fingerprint density at radius 1 is 1.08 bits per heavy atom. The molecule has 0 N–H and O–H groups in total. The number of hydrogen-bond acceptors (Lipinski definition) is 4. The minimum Gasteiger partial charge on any atom is -0.353 e. The van der Waals surface area contributed by atoms with E-state index in [1.807, 2.05) is 0 Å². The van der Waals surface area contributed by atoms with Gasteiger partial charge in [0, 0.05) is 13.0 Å². The average molecular weight is 405 g/mol. The first-order valence-corrected chi connectivity index (χ1v) is 10.7. The lowest BCUT2D eigenvalue weighted by Gasteiger charge is -2.36. The van der Waals surface area contributed by atoms with Crippen LogP contribution in [0.3, 0.4) is 0 Å². The minimum absolute atomic E-state index is 0.257. The topological polar surface area (TPSA) is 36.9 Å². The molecule has 2 atom stereocenters. The first-order valence-electron chi connectivity index (χ1n) is 9.90. The maximum atomic E-state index is 6.71. The number of halogens is 2. The van der Waals surface area contributed by atoms with Crippen LogP contribution in [0.1, 0.15) is 64.7 Å². The Balaban J connectivity index is 1.73. The Bertz CT molecular complexity index is 522. The van der Waals surface area contributed by atoms with E-state index >= 15 is 0 Å². The van der Waals surface area contributed by atoms with E-state index in [1.54, 1.807) is 0 Å². The molecule has 2 fully saturated rings. The normalized spacial score (nSPS) is 31.6. The number of ether oxygens (including phenoxy) is 4. The van der Waals surface area contributed by atoms with Crippen molar-refractivity contribution < 1.29 is 18.9 Å². The molecule has 3 rings (SSSR count). The molecule has 3 aliphatic rings. The lowest BCUT2D eigenvalue weighted by molar-refractivity contribution is -0.230. The van der Waals surface area contributed by atoms with Gasteiger partial charge in [0.25, 0.3) is 0 Å². The van der Waals surface area contributed by atoms with E-state index in [4.69, 9.17) is 42.1 Å². The van der Waals surface area contributed by atoms with E-state index in [1.165, 1.54) is 19.3 Å². The maximum absolute atomic E-state index is 6.71. The van der Waals surface area contributed by atoms with Crippen LogP contribution >= 0.6 is 23.2 Å². The van der Waals surface area contributed by atoms with Gasteiger partial charge in [0.2, 0.25) is 5.79 Å². The molecule has 26 heavy (non-hydrogen) atoms. The third-order valence-electron chi connectivity index (χ3n) is 5.28. The van der Waals surface area contributed by atoms with Crippen molar-refractivity contribution in [3.05, 3.63) is 22.2 Å². The monoisotopic (exact) mass is 404 g/mol. The van der Waals surface area contributed by atoms with Crippen molar-refractivity contribution in [1.82, 2.24) is 0 Å². The molecule has 0 aromatic rings. The van der Waals surface area contributed by atoms with Crippen molar-refractivity contribution in [1.29, 1.82) is 0 Å². The van der Waals surface area contributed by atoms with Crippen LogP contribution < -0.4 is 0 Å². The third-order valence-corrected chi connectivity index (χ3v) is 6.39. The number of unbranched alkanes of at least 4 members (excludes halogenated alkanes) is 3. The van der Waals surface area contributed by atoms with E-state index in [2.05, 4.69) is 19.1 Å². The summed E-state index contributed by atoms with van der Waals surface area (Å²) in [6.07, 6.45) is 13.0. The van der Waals surface area contributed by atoms with E-state index in [0.29, 0.717) is 36.1 Å². The third kappa shape index (κ3) is 4.48. The van der Waals surface area contributed by atoms with Crippen molar-refractivity contribution in [2.45, 2.75) is 82.4 Å². The van der Waals surface area contributed by atoms with Gasteiger partial charge in [0.05, 0.1) is 23.3 Å². The predicted octanol–water partition coefficient (Wildman–Crippen LogP) is 5.63. The lowest BCUT2D eigenvalue weighted by Crippen LogP contribution is -2.41. The molecule has 148 valence electrons. The van der Waals surface area contributed by atoms with Crippen molar-refractivity contribution >= 4 is 23.2 Å². The van der Waals surface area contributed by atoms with Gasteiger partial charge in [0.15, 0.2) is 6.29 Å². The summed E-state index contributed by atoms with van der Waals surface area (Å²) in [5, 5.41) is 0.917. The second kappa shape index (κ2) is 9.40. The molecule has 0 amide bonds. The molecule has 2 aliphatic heterocycles. The molecule has 0 aromatic heterocycles. The summed E-state index contributed by atoms with van der Waals surface area (Å²) in [4.78, 5) is 0. The SMILES string of the molecule is CCCCC/C=C\CC1(OC2CCCCO2)CC2(OCCO2)C(Cl)=C1Cl. The zero-order valence-corrected chi connectivity index (χ0v) is 17.1. The Kier molecular flexibility index (Phi) is 7.46. The van der Waals surface area contributed by atoms with Crippen molar-refractivity contribution in [3.8, 4) is 0 Å². The number of hydrogen-bond donors (Lipinski definition) is 0. The highest BCUT2D eigenvalue weighted by Gasteiger charge is 2.58. The van der Waals surface area contributed by atoms with Gasteiger partial charge in [-0.1, -0.05) is 55.1 Å². The van der Waals surface area contributed by atoms with Crippen LogP contribution in [0.2, 0.25) is 0 Å². The standard InChI is InChI=1S/C20H30Cl2O4/c1-2-3-4-5-6-8-11-19(26-16-10-7-9-12-23-16)15-20(18(22)17(19)21)24-13-14-25-20/h6,8,16H,2-5,7,9-15H2,1H3/b8-6-. The highest BCUT2D eigenvalue weighted by Crippen LogP contribution is 2.54. The molecule has 0 aromatic carbocycles. The Hall–Kier alpha value is -0.100. The molecular formula is C20H30Cl2O4. The van der Waals surface area contributed by atoms with Gasteiger partial charge < -0.3 is 18.9 Å². The fourth-order valence-electron chi connectivity index (χ4n) is 3.84. The van der Waals surface area contributed by atoms with Gasteiger partial charge in [-0.25, -0.2) is 0 Å². The highest BCUT2D eigenvalue weighted by atomic mass is 35.5. The van der Waals surface area contributed by atoms with Gasteiger partial charge in [-0.3, -0.25) is 0 Å². The molecule has 0 saturated carbocycles. The number of rotatable bonds is 8. The molecule has 1 aliphatic carbocycles. The summed E-state index contributed by atoms with van der Waals surface area (Å²) in [7, 11) is 0. The van der Waals surface area contributed by atoms with Gasteiger partial charge in [0.1, 0.15) is 5.60 Å². The Morgan fingerprint density at radius 2 is 1.88 bits per heavy atom. The Labute approximate surface area is 166 Å². The molecule has 2 saturated heterocycles. The first-order chi connectivity index (χ1) is 12.6. The maximum Gasteiger partial charge on any atom is 0.210 e. The molecule has 4 nitrogen and oxygen atoms in total. The molecular weight excluding hydrogens is 375 g/mol. The number of allylic oxidation sites excluding steroid dienone is 1. The summed E-state index contributed by atoms with van der Waals surface area (Å²) < 4.78 is 23.9. The van der Waals surface area contributed by atoms with Gasteiger partial charge in [-0.15, -0.1) is 0 Å². The zero-order valence-electron chi connectivity index (χ0n) is 15.6. The van der Waals surface area contributed by atoms with Gasteiger partial charge in [-0.2, -0.15) is 0 Å². The molecule has 6 heteroatoms. The fourth-order valence-corrected chi connectivity index (χ4v) is 4.53. The van der Waals surface area contributed by atoms with Crippen molar-refractivity contribution in [2.75, 3.05) is 19.8 Å². The van der Waals surface area contributed by atoms with Crippen LogP contribution in [-0.2, 0) is 18.9 Å². The average Bonchev–Trinajstić information content (AvgIpc) is 3.20. The van der Waals surface area contributed by atoms with E-state index in [-0.39, 0.29) is 6.29 Å². The fraction of sp³-hybridized carbons (Fsp3) is 0.800. The molecule has 1 spiro atoms. The van der Waals surface area contributed by atoms with Crippen LogP contribution in [0.15, 0.2) is 22.2 Å². The zero-order chi connectivity index (χ0) is 18.5. The second-order valence-electron chi connectivity index (χ2n) is 7.33. The summed E-state index contributed by atoms with van der Waals surface area (Å²) in [6, 6.07) is 0. The smallest absolute Gasteiger partial charge is 0.210 e. The first kappa shape index (κ1) is 20.6. The second-order valence-corrected chi connectivity index (χ2v) is 8.09. The van der Waals surface area contributed by atoms with E-state index in [9.17, 15) is 0 Å². The highest BCUT2D eigenvalue weighted by molar-refractivity contribution is 6.41. The van der Waals surface area contributed by atoms with Crippen LogP contribution in [0.5, 0.6) is 0 Å². The summed E-state index contributed by atoms with van der Waals surface area (Å²) >= 11 is 13.3. The van der Waals surface area contributed by atoms with E-state index < -0.39 is 11.4 Å². The molecule has 2 unspecified atom stereocenters. The van der Waals surface area contributed by atoms with Crippen molar-refractivity contribution in [3.63, 3.8) is 0 Å². The van der Waals surface area contributed by atoms with Crippen LogP contribution in [0.25, 0.3) is 0 Å². The van der Waals surface area contributed by atoms with Gasteiger partial charge in [-0.05, 0) is 38.5 Å². The molecule has 0 radical (unpaired) electrons. The summed E-state index contributed by atoms with van der Waals surface area (Å²) in [5.41, 5.74) is -0.744. The minimum atomic E-state index is -0.955. The van der Waals surface area contributed by atoms with Crippen LogP contribution in [0, 0.1) is 0 Å². The van der Waals surface area contributed by atoms with Crippen LogP contribution in [0.4, 0.5) is 0 Å². The Morgan fingerprint density at radius 3 is 2.58 bits per heavy atom. The molecule has 0 bridgehead atoms. The molecule has 2 heterocycles. The van der Waals surface area contributed by atoms with Crippen LogP contribution in [-0.4, -0.2) is 37.5 Å². The quantitative estimate of drug-likeness (QED) is 0.387. The predicted molar refractivity (Wildman–Crippen MR) is 103 cm³/mol. The largest absolute Gasteiger partial charge is 0.353 e. The van der Waals surface area contributed by atoms with Gasteiger partial charge >= 0.3 is 0 Å². The van der Waals surface area contributed by atoms with Crippen molar-refractivity contribution in [2.24, 2.45) is 0 Å². The van der Waals surface area contributed by atoms with E-state index in [0.717, 1.165) is 32.3 Å². The summed E-state index contributed by atoms with van der Waals surface area (Å²) in [6.45, 7) is 3.97. The lowest BCUT2D eigenvalue weighted by atomic mass is 9.95. The summed E-state index contributed by atoms with van der Waals surface area (Å²) in [5.74, 6) is -0.955.